The van der Waals surface area contributed by atoms with Crippen molar-refractivity contribution < 1.29 is 14.3 Å². The van der Waals surface area contributed by atoms with Gasteiger partial charge in [-0.2, -0.15) is 5.10 Å². The van der Waals surface area contributed by atoms with Gasteiger partial charge in [0.1, 0.15) is 18.5 Å². The Labute approximate surface area is 221 Å². The lowest BCUT2D eigenvalue weighted by molar-refractivity contribution is 0.0194. The third-order valence-corrected chi connectivity index (χ3v) is 7.56. The van der Waals surface area contributed by atoms with Gasteiger partial charge >= 0.3 is 6.09 Å². The van der Waals surface area contributed by atoms with Crippen molar-refractivity contribution >= 4 is 28.6 Å². The molecule has 1 atom stereocenters. The summed E-state index contributed by atoms with van der Waals surface area (Å²) < 4.78 is 13.7. The zero-order valence-electron chi connectivity index (χ0n) is 23.1. The quantitative estimate of drug-likeness (QED) is 0.406. The molecule has 1 fully saturated rings. The van der Waals surface area contributed by atoms with E-state index in [0.29, 0.717) is 26.2 Å². The Morgan fingerprint density at radius 1 is 1.21 bits per heavy atom. The van der Waals surface area contributed by atoms with Gasteiger partial charge in [0.15, 0.2) is 17.2 Å². The molecule has 1 unspecified atom stereocenters. The molecule has 2 aliphatic rings. The average Bonchev–Trinajstić information content (AvgIpc) is 3.47. The van der Waals surface area contributed by atoms with Gasteiger partial charge in [0.25, 0.3) is 0 Å². The number of aromatic nitrogens is 5. The van der Waals surface area contributed by atoms with Crippen LogP contribution in [-0.2, 0) is 4.74 Å². The van der Waals surface area contributed by atoms with Crippen LogP contribution in [0, 0.1) is 13.8 Å². The highest BCUT2D eigenvalue weighted by molar-refractivity contribution is 5.92. The molecule has 0 radical (unpaired) electrons. The minimum Gasteiger partial charge on any atom is -0.487 e. The summed E-state index contributed by atoms with van der Waals surface area (Å²) >= 11 is 0. The van der Waals surface area contributed by atoms with Crippen LogP contribution in [0.3, 0.4) is 0 Å². The van der Waals surface area contributed by atoms with Crippen LogP contribution < -0.4 is 9.64 Å². The topological polar surface area (TPSA) is 101 Å². The molecule has 4 aromatic heterocycles. The van der Waals surface area contributed by atoms with Gasteiger partial charge in [-0.15, -0.1) is 0 Å². The van der Waals surface area contributed by atoms with E-state index in [1.54, 1.807) is 11.2 Å². The molecule has 6 rings (SSSR count). The number of nitrogens with zero attached hydrogens (tertiary/aromatic N) is 6. The molecule has 0 aromatic carbocycles. The van der Waals surface area contributed by atoms with Gasteiger partial charge in [-0.25, -0.2) is 19.3 Å². The highest BCUT2D eigenvalue weighted by atomic mass is 16.6. The highest BCUT2D eigenvalue weighted by Crippen LogP contribution is 2.42. The first-order chi connectivity index (χ1) is 18.0. The second-order valence-electron chi connectivity index (χ2n) is 11.7. The lowest BCUT2D eigenvalue weighted by Gasteiger charge is -2.44. The van der Waals surface area contributed by atoms with E-state index in [2.05, 4.69) is 53.7 Å². The fraction of sp³-hybridized carbons (Fsp3) is 0.500. The monoisotopic (exact) mass is 517 g/mol. The molecule has 1 saturated heterocycles. The Kier molecular flexibility index (Phi) is 5.55. The van der Waals surface area contributed by atoms with Crippen LogP contribution in [0.25, 0.3) is 27.9 Å². The third kappa shape index (κ3) is 3.93. The van der Waals surface area contributed by atoms with Gasteiger partial charge in [0, 0.05) is 43.0 Å². The Hall–Kier alpha value is -3.82. The van der Waals surface area contributed by atoms with Crippen LogP contribution in [0.5, 0.6) is 5.75 Å². The first-order valence-corrected chi connectivity index (χ1v) is 13.3. The Morgan fingerprint density at radius 2 is 2.00 bits per heavy atom. The van der Waals surface area contributed by atoms with Crippen molar-refractivity contribution in [1.29, 1.82) is 0 Å². The summed E-state index contributed by atoms with van der Waals surface area (Å²) in [6, 6.07) is 2.09. The molecule has 1 amide bonds. The standard InChI is InChI=1S/C28H35N7O3/c1-15(2)22-23(19-12-35-25(29-14-30-35)17(4)16(19)3)31-20-10-21-26(32-24(20)22)34-9-8-33(11-18(34)13-37-21)27(36)38-28(5,6)7/h10,12,14-15,18,31H,8-9,11,13H2,1-7H3. The largest absolute Gasteiger partial charge is 0.487 e. The fourth-order valence-corrected chi connectivity index (χ4v) is 5.60. The van der Waals surface area contributed by atoms with E-state index in [1.165, 1.54) is 11.1 Å². The summed E-state index contributed by atoms with van der Waals surface area (Å²) in [7, 11) is 0. The minimum absolute atomic E-state index is 0.0225. The average molecular weight is 518 g/mol. The number of piperazine rings is 1. The van der Waals surface area contributed by atoms with Crippen molar-refractivity contribution in [2.45, 2.75) is 66.0 Å². The molecule has 200 valence electrons. The smallest absolute Gasteiger partial charge is 0.410 e. The van der Waals surface area contributed by atoms with Gasteiger partial charge in [0.05, 0.1) is 22.8 Å². The van der Waals surface area contributed by atoms with Crippen LogP contribution in [-0.4, -0.2) is 73.4 Å². The minimum atomic E-state index is -0.522. The first kappa shape index (κ1) is 24.5. The lowest BCUT2D eigenvalue weighted by Crippen LogP contribution is -2.59. The second kappa shape index (κ2) is 8.61. The predicted molar refractivity (Wildman–Crippen MR) is 146 cm³/mol. The molecule has 10 nitrogen and oxygen atoms in total. The summed E-state index contributed by atoms with van der Waals surface area (Å²) in [6.07, 6.45) is 3.36. The van der Waals surface area contributed by atoms with Gasteiger partial charge < -0.3 is 24.3 Å². The summed E-state index contributed by atoms with van der Waals surface area (Å²) in [6.45, 7) is 16.6. The number of hydrogen-bond donors (Lipinski definition) is 1. The van der Waals surface area contributed by atoms with E-state index in [1.807, 2.05) is 31.5 Å². The summed E-state index contributed by atoms with van der Waals surface area (Å²) in [5.41, 5.74) is 7.82. The fourth-order valence-electron chi connectivity index (χ4n) is 5.60. The Bertz CT molecular complexity index is 1560. The van der Waals surface area contributed by atoms with Crippen molar-refractivity contribution in [3.8, 4) is 17.0 Å². The number of ether oxygens (including phenoxy) is 2. The second-order valence-corrected chi connectivity index (χ2v) is 11.7. The Balaban J connectivity index is 1.40. The van der Waals surface area contributed by atoms with E-state index >= 15 is 0 Å². The van der Waals surface area contributed by atoms with Gasteiger partial charge in [-0.1, -0.05) is 13.8 Å². The number of fused-ring (bicyclic) bond motifs is 5. The molecule has 0 aliphatic carbocycles. The number of anilines is 1. The summed E-state index contributed by atoms with van der Waals surface area (Å²) in [5.74, 6) is 1.84. The molecule has 4 aromatic rings. The molecule has 38 heavy (non-hydrogen) atoms. The maximum atomic E-state index is 12.7. The highest BCUT2D eigenvalue weighted by Gasteiger charge is 2.37. The zero-order valence-corrected chi connectivity index (χ0v) is 23.1. The van der Waals surface area contributed by atoms with Crippen LogP contribution >= 0.6 is 0 Å². The molecule has 1 N–H and O–H groups in total. The lowest BCUT2D eigenvalue weighted by atomic mass is 9.95. The van der Waals surface area contributed by atoms with Crippen LogP contribution in [0.1, 0.15) is 57.2 Å². The van der Waals surface area contributed by atoms with Crippen molar-refractivity contribution in [3.63, 3.8) is 0 Å². The Morgan fingerprint density at radius 3 is 2.74 bits per heavy atom. The summed E-state index contributed by atoms with van der Waals surface area (Å²) in [5, 5.41) is 4.39. The SMILES string of the molecule is Cc1c(-c2[nH]c3cc4c(nc3c2C(C)C)N2CCN(C(=O)OC(C)(C)C)CC2CO4)cn2ncnc2c1C. The number of pyridine rings is 2. The van der Waals surface area contributed by atoms with E-state index in [4.69, 9.17) is 14.5 Å². The molecular formula is C28H35N7O3. The zero-order chi connectivity index (χ0) is 26.9. The van der Waals surface area contributed by atoms with E-state index < -0.39 is 5.60 Å². The molecule has 0 spiro atoms. The van der Waals surface area contributed by atoms with E-state index in [0.717, 1.165) is 45.1 Å². The van der Waals surface area contributed by atoms with Crippen LogP contribution in [0.2, 0.25) is 0 Å². The van der Waals surface area contributed by atoms with Gasteiger partial charge in [-0.05, 0) is 51.7 Å². The van der Waals surface area contributed by atoms with Gasteiger partial charge in [0.2, 0.25) is 0 Å². The third-order valence-electron chi connectivity index (χ3n) is 7.56. The van der Waals surface area contributed by atoms with Crippen LogP contribution in [0.4, 0.5) is 10.6 Å². The van der Waals surface area contributed by atoms with Crippen molar-refractivity contribution in [3.05, 3.63) is 35.3 Å². The number of nitrogens with one attached hydrogen (secondary N) is 1. The van der Waals surface area contributed by atoms with Crippen molar-refractivity contribution in [1.82, 2.24) is 29.5 Å². The number of H-pyrrole nitrogens is 1. The van der Waals surface area contributed by atoms with Crippen LogP contribution in [0.15, 0.2) is 18.6 Å². The number of rotatable bonds is 2. The normalized spacial score (nSPS) is 17.6. The van der Waals surface area contributed by atoms with Crippen molar-refractivity contribution in [2.75, 3.05) is 31.1 Å². The number of hydrogen-bond acceptors (Lipinski definition) is 7. The first-order valence-electron chi connectivity index (χ1n) is 13.3. The van der Waals surface area contributed by atoms with Crippen molar-refractivity contribution in [2.24, 2.45) is 0 Å². The number of carbonyl (C=O) groups excluding carboxylic acids is 1. The number of aryl methyl sites for hydroxylation is 1. The predicted octanol–water partition coefficient (Wildman–Crippen LogP) is 4.83. The maximum Gasteiger partial charge on any atom is 0.410 e. The number of amides is 1. The molecule has 10 heteroatoms. The number of carbonyl (C=O) groups is 1. The van der Waals surface area contributed by atoms with E-state index in [9.17, 15) is 4.79 Å². The molecule has 6 heterocycles. The maximum absolute atomic E-state index is 12.7. The molecule has 0 saturated carbocycles. The molecule has 2 aliphatic heterocycles. The number of aromatic amines is 1. The molecule has 0 bridgehead atoms. The van der Waals surface area contributed by atoms with E-state index in [-0.39, 0.29) is 18.1 Å². The summed E-state index contributed by atoms with van der Waals surface area (Å²) in [4.78, 5) is 30.0. The van der Waals surface area contributed by atoms with Gasteiger partial charge in [-0.3, -0.25) is 0 Å². The molecular weight excluding hydrogens is 482 g/mol.